The molecule has 0 unspecified atom stereocenters. The zero-order valence-corrected chi connectivity index (χ0v) is 15.4. The van der Waals surface area contributed by atoms with Crippen molar-refractivity contribution in [1.82, 2.24) is 9.38 Å². The molecule has 0 aliphatic rings. The molecule has 5 heteroatoms. The lowest BCUT2D eigenvalue weighted by molar-refractivity contribution is 0.111. The number of hydrogen-bond donors (Lipinski definition) is 0. The molecule has 0 fully saturated rings. The molecular weight excluding hydrogens is 344 g/mol. The van der Waals surface area contributed by atoms with Gasteiger partial charge in [0.2, 0.25) is 0 Å². The second-order valence-electron chi connectivity index (χ2n) is 5.88. The molecule has 2 aromatic heterocycles. The number of ether oxygens (including phenoxy) is 1. The van der Waals surface area contributed by atoms with E-state index >= 15 is 0 Å². The van der Waals surface area contributed by atoms with Crippen LogP contribution in [0.15, 0.2) is 54.6 Å². The summed E-state index contributed by atoms with van der Waals surface area (Å²) in [5, 5.41) is 0. The van der Waals surface area contributed by atoms with E-state index in [0.29, 0.717) is 18.0 Å². The van der Waals surface area contributed by atoms with E-state index in [1.165, 1.54) is 0 Å². The van der Waals surface area contributed by atoms with Crippen LogP contribution >= 0.6 is 11.3 Å². The second-order valence-corrected chi connectivity index (χ2v) is 7.07. The Bertz CT molecular complexity index is 1080. The molecule has 2 aromatic carbocycles. The molecule has 0 radical (unpaired) electrons. The molecule has 2 heterocycles. The third kappa shape index (κ3) is 2.61. The highest BCUT2D eigenvalue weighted by molar-refractivity contribution is 7.17. The van der Waals surface area contributed by atoms with Crippen molar-refractivity contribution >= 4 is 22.6 Å². The van der Waals surface area contributed by atoms with E-state index in [0.717, 1.165) is 38.7 Å². The third-order valence-electron chi connectivity index (χ3n) is 4.28. The van der Waals surface area contributed by atoms with Gasteiger partial charge in [0.05, 0.1) is 12.3 Å². The highest BCUT2D eigenvalue weighted by atomic mass is 32.1. The minimum Gasteiger partial charge on any atom is -0.493 e. The van der Waals surface area contributed by atoms with Gasteiger partial charge in [0.15, 0.2) is 11.2 Å². The minimum absolute atomic E-state index is 0.551. The van der Waals surface area contributed by atoms with Crippen molar-refractivity contribution < 1.29 is 9.53 Å². The number of benzene rings is 2. The number of aryl methyl sites for hydroxylation is 1. The summed E-state index contributed by atoms with van der Waals surface area (Å²) in [7, 11) is 0. The van der Waals surface area contributed by atoms with E-state index in [1.807, 2.05) is 53.8 Å². The van der Waals surface area contributed by atoms with E-state index in [-0.39, 0.29) is 0 Å². The zero-order chi connectivity index (χ0) is 18.1. The first-order valence-corrected chi connectivity index (χ1v) is 9.31. The number of thiazole rings is 1. The highest BCUT2D eigenvalue weighted by Gasteiger charge is 2.22. The van der Waals surface area contributed by atoms with Crippen molar-refractivity contribution in [3.63, 3.8) is 0 Å². The number of aromatic nitrogens is 2. The molecule has 0 atom stereocenters. The lowest BCUT2D eigenvalue weighted by Gasteiger charge is -2.09. The maximum Gasteiger partial charge on any atom is 0.195 e. The molecule has 4 aromatic rings. The summed E-state index contributed by atoms with van der Waals surface area (Å²) in [6, 6.07) is 17.8. The van der Waals surface area contributed by atoms with Gasteiger partial charge in [0, 0.05) is 10.4 Å². The lowest BCUT2D eigenvalue weighted by Crippen LogP contribution is -1.98. The van der Waals surface area contributed by atoms with Gasteiger partial charge in [-0.2, -0.15) is 0 Å². The summed E-state index contributed by atoms with van der Waals surface area (Å²) >= 11 is 1.59. The van der Waals surface area contributed by atoms with Crippen molar-refractivity contribution in [2.45, 2.75) is 13.8 Å². The van der Waals surface area contributed by atoms with Crippen LogP contribution in [0.5, 0.6) is 5.75 Å². The van der Waals surface area contributed by atoms with Gasteiger partial charge in [0.1, 0.15) is 17.1 Å². The Balaban J connectivity index is 2.00. The van der Waals surface area contributed by atoms with Crippen molar-refractivity contribution in [2.24, 2.45) is 0 Å². The van der Waals surface area contributed by atoms with Crippen LogP contribution in [0.3, 0.4) is 0 Å². The summed E-state index contributed by atoms with van der Waals surface area (Å²) in [6.45, 7) is 4.56. The first kappa shape index (κ1) is 16.5. The summed E-state index contributed by atoms with van der Waals surface area (Å²) < 4.78 is 7.70. The van der Waals surface area contributed by atoms with Crippen LogP contribution in [-0.4, -0.2) is 22.3 Å². The maximum absolute atomic E-state index is 12.0. The first-order chi connectivity index (χ1) is 12.7. The quantitative estimate of drug-likeness (QED) is 0.456. The topological polar surface area (TPSA) is 43.6 Å². The average Bonchev–Trinajstić information content (AvgIpc) is 3.17. The molecule has 0 aliphatic carbocycles. The molecule has 0 aliphatic heterocycles. The van der Waals surface area contributed by atoms with Gasteiger partial charge in [-0.25, -0.2) is 4.98 Å². The predicted octanol–water partition coefficient (Wildman–Crippen LogP) is 5.25. The Labute approximate surface area is 155 Å². The summed E-state index contributed by atoms with van der Waals surface area (Å²) in [5.74, 6) is 0.738. The molecule has 130 valence electrons. The molecule has 4 nitrogen and oxygen atoms in total. The minimum atomic E-state index is 0.551. The molecule has 0 amide bonds. The van der Waals surface area contributed by atoms with Crippen molar-refractivity contribution in [3.05, 3.63) is 65.2 Å². The fraction of sp³-hybridized carbons (Fsp3) is 0.143. The van der Waals surface area contributed by atoms with Crippen LogP contribution in [0.2, 0.25) is 0 Å². The van der Waals surface area contributed by atoms with Gasteiger partial charge < -0.3 is 4.74 Å². The molecule has 0 saturated heterocycles. The van der Waals surface area contributed by atoms with Crippen molar-refractivity contribution in [2.75, 3.05) is 6.61 Å². The van der Waals surface area contributed by atoms with E-state index in [4.69, 9.17) is 9.72 Å². The SMILES string of the molecule is CCOc1ccccc1-c1nc2sc(C)c(-c3ccccc3)n2c1C=O. The average molecular weight is 362 g/mol. The molecule has 0 N–H and O–H groups in total. The van der Waals surface area contributed by atoms with Crippen LogP contribution in [0.1, 0.15) is 22.3 Å². The van der Waals surface area contributed by atoms with E-state index in [2.05, 4.69) is 19.1 Å². The summed E-state index contributed by atoms with van der Waals surface area (Å²) in [6.07, 6.45) is 0.886. The highest BCUT2D eigenvalue weighted by Crippen LogP contribution is 2.38. The number of nitrogens with zero attached hydrogens (tertiary/aromatic N) is 2. The number of carbonyl (C=O) groups is 1. The Morgan fingerprint density at radius 3 is 2.58 bits per heavy atom. The van der Waals surface area contributed by atoms with Gasteiger partial charge >= 0.3 is 0 Å². The van der Waals surface area contributed by atoms with Gasteiger partial charge in [-0.3, -0.25) is 9.20 Å². The maximum atomic E-state index is 12.0. The van der Waals surface area contributed by atoms with Crippen LogP contribution in [0.4, 0.5) is 0 Å². The molecular formula is C21H18N2O2S. The fourth-order valence-corrected chi connectivity index (χ4v) is 4.22. The number of fused-ring (bicyclic) bond motifs is 1. The molecule has 0 spiro atoms. The van der Waals surface area contributed by atoms with Crippen LogP contribution < -0.4 is 4.74 Å². The van der Waals surface area contributed by atoms with Gasteiger partial charge in [-0.05, 0) is 31.5 Å². The second kappa shape index (κ2) is 6.77. The van der Waals surface area contributed by atoms with Crippen LogP contribution in [-0.2, 0) is 0 Å². The number of para-hydroxylation sites is 1. The molecule has 4 rings (SSSR count). The molecule has 0 bridgehead atoms. The number of hydrogen-bond acceptors (Lipinski definition) is 4. The monoisotopic (exact) mass is 362 g/mol. The summed E-state index contributed by atoms with van der Waals surface area (Å²) in [5.41, 5.74) is 4.13. The number of imidazole rings is 1. The van der Waals surface area contributed by atoms with E-state index < -0.39 is 0 Å². The molecule has 26 heavy (non-hydrogen) atoms. The predicted molar refractivity (Wildman–Crippen MR) is 105 cm³/mol. The smallest absolute Gasteiger partial charge is 0.195 e. The Morgan fingerprint density at radius 1 is 1.12 bits per heavy atom. The van der Waals surface area contributed by atoms with Gasteiger partial charge in [-0.1, -0.05) is 42.5 Å². The normalized spacial score (nSPS) is 11.0. The fourth-order valence-electron chi connectivity index (χ4n) is 3.22. The Kier molecular flexibility index (Phi) is 4.31. The largest absolute Gasteiger partial charge is 0.493 e. The molecule has 0 saturated carbocycles. The van der Waals surface area contributed by atoms with Crippen molar-refractivity contribution in [3.8, 4) is 28.3 Å². The van der Waals surface area contributed by atoms with Gasteiger partial charge in [0.25, 0.3) is 0 Å². The van der Waals surface area contributed by atoms with Gasteiger partial charge in [-0.15, -0.1) is 11.3 Å². The Hall–Kier alpha value is -2.92. The number of carbonyl (C=O) groups excluding carboxylic acids is 1. The standard InChI is InChI=1S/C21H18N2O2S/c1-3-25-18-12-8-7-11-16(18)19-17(13-24)23-20(14(2)26-21(23)22-19)15-9-5-4-6-10-15/h4-13H,3H2,1-2H3. The number of aldehydes is 1. The van der Waals surface area contributed by atoms with Crippen LogP contribution in [0.25, 0.3) is 27.5 Å². The van der Waals surface area contributed by atoms with E-state index in [1.54, 1.807) is 11.3 Å². The Morgan fingerprint density at radius 2 is 1.85 bits per heavy atom. The summed E-state index contributed by atoms with van der Waals surface area (Å²) in [4.78, 5) is 18.8. The van der Waals surface area contributed by atoms with E-state index in [9.17, 15) is 4.79 Å². The first-order valence-electron chi connectivity index (χ1n) is 8.49. The lowest BCUT2D eigenvalue weighted by atomic mass is 10.1. The van der Waals surface area contributed by atoms with Crippen LogP contribution in [0, 0.1) is 6.92 Å². The third-order valence-corrected chi connectivity index (χ3v) is 5.24. The number of rotatable bonds is 5. The van der Waals surface area contributed by atoms with Crippen molar-refractivity contribution in [1.29, 1.82) is 0 Å². The zero-order valence-electron chi connectivity index (χ0n) is 14.6.